The Kier molecular flexibility index (Phi) is 9.38. The van der Waals surface area contributed by atoms with E-state index in [0.717, 1.165) is 17.5 Å². The standard InChI is InChI=1S/C25H34N2O4/c1-6-19(4)26-25(29)23(7-2)27(16-20-11-9-12-21(15-20)30-5)24(28)17-31-22-13-8-10-18(3)14-22/h8-15,19,23H,6-7,16-17H2,1-5H3,(H,26,29)/t19-,23-/m1/s1. The molecule has 2 rings (SSSR count). The van der Waals surface area contributed by atoms with Gasteiger partial charge in [-0.1, -0.05) is 38.1 Å². The van der Waals surface area contributed by atoms with E-state index in [-0.39, 0.29) is 24.5 Å². The second kappa shape index (κ2) is 12.0. The monoisotopic (exact) mass is 426 g/mol. The number of methoxy groups -OCH3 is 1. The van der Waals surface area contributed by atoms with E-state index >= 15 is 0 Å². The van der Waals surface area contributed by atoms with Gasteiger partial charge >= 0.3 is 0 Å². The van der Waals surface area contributed by atoms with E-state index in [1.165, 1.54) is 0 Å². The summed E-state index contributed by atoms with van der Waals surface area (Å²) in [7, 11) is 1.60. The lowest BCUT2D eigenvalue weighted by Gasteiger charge is -2.31. The number of benzene rings is 2. The number of rotatable bonds is 11. The van der Waals surface area contributed by atoms with Crippen LogP contribution in [0.3, 0.4) is 0 Å². The maximum Gasteiger partial charge on any atom is 0.261 e. The van der Waals surface area contributed by atoms with Gasteiger partial charge in [0.15, 0.2) is 6.61 Å². The van der Waals surface area contributed by atoms with Gasteiger partial charge in [-0.2, -0.15) is 0 Å². The third kappa shape index (κ3) is 7.31. The van der Waals surface area contributed by atoms with Gasteiger partial charge in [0.05, 0.1) is 7.11 Å². The van der Waals surface area contributed by atoms with Crippen molar-refractivity contribution >= 4 is 11.8 Å². The molecule has 0 spiro atoms. The molecule has 0 fully saturated rings. The van der Waals surface area contributed by atoms with Crippen molar-refractivity contribution in [2.45, 2.75) is 59.2 Å². The van der Waals surface area contributed by atoms with Crippen molar-refractivity contribution in [2.24, 2.45) is 0 Å². The summed E-state index contributed by atoms with van der Waals surface area (Å²) in [5, 5.41) is 3.01. The minimum atomic E-state index is -0.589. The number of carbonyl (C=O) groups excluding carboxylic acids is 2. The fourth-order valence-corrected chi connectivity index (χ4v) is 3.26. The second-order valence-electron chi connectivity index (χ2n) is 7.72. The SMILES string of the molecule is CC[C@@H](C)NC(=O)[C@@H](CC)N(Cc1cccc(OC)c1)C(=O)COc1cccc(C)c1. The smallest absolute Gasteiger partial charge is 0.261 e. The van der Waals surface area contributed by atoms with Gasteiger partial charge in [0.2, 0.25) is 5.91 Å². The zero-order valence-electron chi connectivity index (χ0n) is 19.2. The van der Waals surface area contributed by atoms with E-state index in [1.807, 2.05) is 76.2 Å². The van der Waals surface area contributed by atoms with Crippen LogP contribution in [0.4, 0.5) is 0 Å². The highest BCUT2D eigenvalue weighted by molar-refractivity contribution is 5.88. The van der Waals surface area contributed by atoms with Crippen LogP contribution in [0.25, 0.3) is 0 Å². The molecule has 0 heterocycles. The largest absolute Gasteiger partial charge is 0.497 e. The molecule has 2 amide bonds. The molecule has 2 atom stereocenters. The minimum absolute atomic E-state index is 0.0406. The molecule has 0 bridgehead atoms. The zero-order valence-corrected chi connectivity index (χ0v) is 19.2. The Morgan fingerprint density at radius 3 is 2.39 bits per heavy atom. The van der Waals surface area contributed by atoms with Gasteiger partial charge in [0.1, 0.15) is 17.5 Å². The Bertz CT molecular complexity index is 868. The predicted molar refractivity (Wildman–Crippen MR) is 122 cm³/mol. The van der Waals surface area contributed by atoms with Gasteiger partial charge in [-0.3, -0.25) is 9.59 Å². The number of nitrogens with zero attached hydrogens (tertiary/aromatic N) is 1. The number of hydrogen-bond acceptors (Lipinski definition) is 4. The molecule has 0 aliphatic carbocycles. The molecule has 0 aromatic heterocycles. The van der Waals surface area contributed by atoms with Crippen molar-refractivity contribution in [2.75, 3.05) is 13.7 Å². The molecule has 0 saturated heterocycles. The van der Waals surface area contributed by atoms with Gasteiger partial charge in [-0.25, -0.2) is 0 Å². The van der Waals surface area contributed by atoms with Gasteiger partial charge < -0.3 is 19.7 Å². The average molecular weight is 427 g/mol. The van der Waals surface area contributed by atoms with E-state index in [9.17, 15) is 9.59 Å². The second-order valence-corrected chi connectivity index (χ2v) is 7.72. The number of nitrogens with one attached hydrogen (secondary N) is 1. The van der Waals surface area contributed by atoms with E-state index in [4.69, 9.17) is 9.47 Å². The highest BCUT2D eigenvalue weighted by Crippen LogP contribution is 2.18. The third-order valence-corrected chi connectivity index (χ3v) is 5.23. The first-order valence-electron chi connectivity index (χ1n) is 10.8. The number of carbonyl (C=O) groups is 2. The molecule has 168 valence electrons. The molecule has 6 heteroatoms. The molecule has 6 nitrogen and oxygen atoms in total. The lowest BCUT2D eigenvalue weighted by Crippen LogP contribution is -2.51. The first-order valence-corrected chi connectivity index (χ1v) is 10.8. The van der Waals surface area contributed by atoms with Crippen molar-refractivity contribution in [1.82, 2.24) is 10.2 Å². The highest BCUT2D eigenvalue weighted by atomic mass is 16.5. The van der Waals surface area contributed by atoms with Crippen molar-refractivity contribution in [3.63, 3.8) is 0 Å². The van der Waals surface area contributed by atoms with Gasteiger partial charge in [0.25, 0.3) is 5.91 Å². The topological polar surface area (TPSA) is 67.9 Å². The molecule has 0 aliphatic heterocycles. The maximum atomic E-state index is 13.2. The zero-order chi connectivity index (χ0) is 22.8. The summed E-state index contributed by atoms with van der Waals surface area (Å²) in [6.45, 7) is 8.00. The molecule has 0 radical (unpaired) electrons. The summed E-state index contributed by atoms with van der Waals surface area (Å²) in [5.41, 5.74) is 1.94. The first-order chi connectivity index (χ1) is 14.9. The lowest BCUT2D eigenvalue weighted by atomic mass is 10.1. The molecule has 1 N–H and O–H groups in total. The number of hydrogen-bond donors (Lipinski definition) is 1. The Morgan fingerprint density at radius 1 is 1.03 bits per heavy atom. The molecular weight excluding hydrogens is 392 g/mol. The summed E-state index contributed by atoms with van der Waals surface area (Å²) in [4.78, 5) is 27.8. The molecule has 0 aliphatic rings. The van der Waals surface area contributed by atoms with E-state index in [1.54, 1.807) is 12.0 Å². The average Bonchev–Trinajstić information content (AvgIpc) is 2.77. The molecular formula is C25H34N2O4. The lowest BCUT2D eigenvalue weighted by molar-refractivity contribution is -0.143. The van der Waals surface area contributed by atoms with Crippen LogP contribution in [0.15, 0.2) is 48.5 Å². The number of amides is 2. The van der Waals surface area contributed by atoms with Crippen LogP contribution in [0.5, 0.6) is 11.5 Å². The van der Waals surface area contributed by atoms with Crippen LogP contribution >= 0.6 is 0 Å². The van der Waals surface area contributed by atoms with Crippen LogP contribution < -0.4 is 14.8 Å². The Morgan fingerprint density at radius 2 is 1.74 bits per heavy atom. The van der Waals surface area contributed by atoms with Crippen molar-refractivity contribution in [3.8, 4) is 11.5 Å². The quantitative estimate of drug-likeness (QED) is 0.587. The van der Waals surface area contributed by atoms with Crippen LogP contribution in [-0.2, 0) is 16.1 Å². The molecule has 0 unspecified atom stereocenters. The van der Waals surface area contributed by atoms with Gasteiger partial charge in [-0.05, 0) is 62.1 Å². The first kappa shape index (κ1) is 24.3. The summed E-state index contributed by atoms with van der Waals surface area (Å²) < 4.78 is 11.0. The summed E-state index contributed by atoms with van der Waals surface area (Å²) in [5.74, 6) is 0.948. The summed E-state index contributed by atoms with van der Waals surface area (Å²) in [6.07, 6.45) is 1.32. The van der Waals surface area contributed by atoms with Crippen LogP contribution in [0.1, 0.15) is 44.7 Å². The van der Waals surface area contributed by atoms with Crippen molar-refractivity contribution in [3.05, 3.63) is 59.7 Å². The molecule has 2 aromatic rings. The van der Waals surface area contributed by atoms with E-state index in [0.29, 0.717) is 24.5 Å². The minimum Gasteiger partial charge on any atom is -0.497 e. The predicted octanol–water partition coefficient (Wildman–Crippen LogP) is 4.10. The molecule has 31 heavy (non-hydrogen) atoms. The Labute approximate surface area is 185 Å². The maximum absolute atomic E-state index is 13.2. The highest BCUT2D eigenvalue weighted by Gasteiger charge is 2.29. The van der Waals surface area contributed by atoms with Crippen molar-refractivity contribution in [1.29, 1.82) is 0 Å². The van der Waals surface area contributed by atoms with Gasteiger partial charge in [0, 0.05) is 12.6 Å². The Hall–Kier alpha value is -3.02. The molecule has 2 aromatic carbocycles. The van der Waals surface area contributed by atoms with E-state index in [2.05, 4.69) is 5.32 Å². The normalized spacial score (nSPS) is 12.5. The summed E-state index contributed by atoms with van der Waals surface area (Å²) in [6, 6.07) is 14.5. The third-order valence-electron chi connectivity index (χ3n) is 5.23. The fourth-order valence-electron chi connectivity index (χ4n) is 3.26. The Balaban J connectivity index is 2.23. The van der Waals surface area contributed by atoms with Crippen molar-refractivity contribution < 1.29 is 19.1 Å². The van der Waals surface area contributed by atoms with Crippen LogP contribution in [0, 0.1) is 6.92 Å². The fraction of sp³-hybridized carbons (Fsp3) is 0.440. The van der Waals surface area contributed by atoms with Crippen LogP contribution in [-0.4, -0.2) is 42.5 Å². The number of ether oxygens (including phenoxy) is 2. The van der Waals surface area contributed by atoms with Gasteiger partial charge in [-0.15, -0.1) is 0 Å². The van der Waals surface area contributed by atoms with E-state index < -0.39 is 6.04 Å². The van der Waals surface area contributed by atoms with Crippen LogP contribution in [0.2, 0.25) is 0 Å². The summed E-state index contributed by atoms with van der Waals surface area (Å²) >= 11 is 0. The molecule has 0 saturated carbocycles. The number of aryl methyl sites for hydroxylation is 1.